The molecule has 3 unspecified atom stereocenters. The molecule has 2 aliphatic heterocycles. The van der Waals surface area contributed by atoms with Crippen LogP contribution in [-0.2, 0) is 9.84 Å². The number of piperidine rings is 1. The molecule has 4 nitrogen and oxygen atoms in total. The lowest BCUT2D eigenvalue weighted by atomic mass is 10.1. The zero-order valence-corrected chi connectivity index (χ0v) is 11.1. The molecule has 0 aromatic rings. The average molecular weight is 258 g/mol. The van der Waals surface area contributed by atoms with Crippen LogP contribution in [0.1, 0.15) is 25.7 Å². The molecule has 2 saturated heterocycles. The Morgan fingerprint density at radius 3 is 2.82 bits per heavy atom. The minimum Gasteiger partial charge on any atom is -0.312 e. The first-order valence-corrected chi connectivity index (χ1v) is 8.62. The maximum Gasteiger partial charge on any atom is 0.153 e. The van der Waals surface area contributed by atoms with Gasteiger partial charge in [-0.05, 0) is 38.1 Å². The van der Waals surface area contributed by atoms with Gasteiger partial charge in [0.15, 0.2) is 9.84 Å². The van der Waals surface area contributed by atoms with Crippen molar-refractivity contribution in [3.05, 3.63) is 0 Å². The van der Waals surface area contributed by atoms with E-state index in [4.69, 9.17) is 0 Å². The Bertz CT molecular complexity index is 382. The Balaban J connectivity index is 1.48. The Morgan fingerprint density at radius 1 is 1.29 bits per heavy atom. The van der Waals surface area contributed by atoms with E-state index in [1.165, 1.54) is 25.8 Å². The minimum absolute atomic E-state index is 0.188. The SMILES string of the molecule is O=S1(=O)CCNC(CCN2CC3CCC2C3)C1. The van der Waals surface area contributed by atoms with Crippen LogP contribution in [0.3, 0.4) is 0 Å². The summed E-state index contributed by atoms with van der Waals surface area (Å²) >= 11 is 0. The van der Waals surface area contributed by atoms with Crippen LogP contribution in [0.4, 0.5) is 0 Å². The molecule has 17 heavy (non-hydrogen) atoms. The molecular weight excluding hydrogens is 236 g/mol. The number of rotatable bonds is 3. The summed E-state index contributed by atoms with van der Waals surface area (Å²) < 4.78 is 23.1. The van der Waals surface area contributed by atoms with Crippen LogP contribution >= 0.6 is 0 Å². The van der Waals surface area contributed by atoms with Crippen LogP contribution in [0, 0.1) is 5.92 Å². The normalized spacial score (nSPS) is 40.8. The number of hydrogen-bond acceptors (Lipinski definition) is 4. The molecule has 5 heteroatoms. The maximum atomic E-state index is 11.5. The lowest BCUT2D eigenvalue weighted by Crippen LogP contribution is -2.47. The summed E-state index contributed by atoms with van der Waals surface area (Å²) in [5.41, 5.74) is 0. The number of likely N-dealkylation sites (tertiary alicyclic amines) is 1. The second-order valence-corrected chi connectivity index (χ2v) is 8.11. The third-order valence-electron chi connectivity index (χ3n) is 4.59. The van der Waals surface area contributed by atoms with Gasteiger partial charge in [-0.25, -0.2) is 8.42 Å². The standard InChI is InChI=1S/C12H22N2O2S/c15-17(16)6-4-13-11(9-17)3-5-14-8-10-1-2-12(14)7-10/h10-13H,1-9H2. The van der Waals surface area contributed by atoms with Gasteiger partial charge in [0.2, 0.25) is 0 Å². The summed E-state index contributed by atoms with van der Waals surface area (Å²) in [6.45, 7) is 2.97. The maximum absolute atomic E-state index is 11.5. The molecule has 2 heterocycles. The van der Waals surface area contributed by atoms with Crippen LogP contribution in [0.15, 0.2) is 0 Å². The molecule has 0 amide bonds. The van der Waals surface area contributed by atoms with Gasteiger partial charge in [0.1, 0.15) is 0 Å². The summed E-state index contributed by atoms with van der Waals surface area (Å²) in [7, 11) is -2.77. The van der Waals surface area contributed by atoms with Crippen molar-refractivity contribution in [3.63, 3.8) is 0 Å². The van der Waals surface area contributed by atoms with Crippen molar-refractivity contribution >= 4 is 9.84 Å². The van der Waals surface area contributed by atoms with Crippen molar-refractivity contribution in [1.82, 2.24) is 10.2 Å². The van der Waals surface area contributed by atoms with Gasteiger partial charge < -0.3 is 10.2 Å². The Hall–Kier alpha value is -0.130. The van der Waals surface area contributed by atoms with Gasteiger partial charge in [0.05, 0.1) is 11.5 Å². The van der Waals surface area contributed by atoms with E-state index in [1.54, 1.807) is 0 Å². The van der Waals surface area contributed by atoms with Crippen molar-refractivity contribution in [3.8, 4) is 0 Å². The first kappa shape index (κ1) is 11.9. The lowest BCUT2D eigenvalue weighted by molar-refractivity contribution is 0.204. The number of fused-ring (bicyclic) bond motifs is 2. The van der Waals surface area contributed by atoms with Gasteiger partial charge in [-0.3, -0.25) is 0 Å². The number of hydrogen-bond donors (Lipinski definition) is 1. The van der Waals surface area contributed by atoms with Crippen molar-refractivity contribution in [2.75, 3.05) is 31.1 Å². The van der Waals surface area contributed by atoms with Crippen molar-refractivity contribution in [2.45, 2.75) is 37.8 Å². The zero-order chi connectivity index (χ0) is 11.9. The fourth-order valence-electron chi connectivity index (χ4n) is 3.68. The summed E-state index contributed by atoms with van der Waals surface area (Å²) in [6.07, 6.45) is 5.15. The van der Waals surface area contributed by atoms with Crippen LogP contribution in [0.25, 0.3) is 0 Å². The third kappa shape index (κ3) is 2.66. The monoisotopic (exact) mass is 258 g/mol. The smallest absolute Gasteiger partial charge is 0.153 e. The average Bonchev–Trinajstić information content (AvgIpc) is 2.86. The van der Waals surface area contributed by atoms with Crippen LogP contribution in [0.5, 0.6) is 0 Å². The summed E-state index contributed by atoms with van der Waals surface area (Å²) in [5.74, 6) is 1.59. The molecule has 1 aliphatic carbocycles. The lowest BCUT2D eigenvalue weighted by Gasteiger charge is -2.30. The van der Waals surface area contributed by atoms with E-state index < -0.39 is 9.84 Å². The second-order valence-electron chi connectivity index (χ2n) is 5.88. The van der Waals surface area contributed by atoms with Crippen LogP contribution in [-0.4, -0.2) is 56.5 Å². The molecule has 0 spiro atoms. The van der Waals surface area contributed by atoms with E-state index in [0.717, 1.165) is 24.9 Å². The van der Waals surface area contributed by atoms with E-state index in [9.17, 15) is 8.42 Å². The fraction of sp³-hybridized carbons (Fsp3) is 1.00. The summed E-state index contributed by atoms with van der Waals surface area (Å²) in [5, 5.41) is 3.34. The number of nitrogens with one attached hydrogen (secondary N) is 1. The topological polar surface area (TPSA) is 49.4 Å². The molecule has 3 atom stereocenters. The fourth-order valence-corrected chi connectivity index (χ4v) is 5.17. The highest BCUT2D eigenvalue weighted by molar-refractivity contribution is 7.91. The molecule has 3 fully saturated rings. The van der Waals surface area contributed by atoms with Gasteiger partial charge in [-0.1, -0.05) is 0 Å². The van der Waals surface area contributed by atoms with Crippen molar-refractivity contribution in [1.29, 1.82) is 0 Å². The highest BCUT2D eigenvalue weighted by Crippen LogP contribution is 2.37. The molecule has 98 valence electrons. The first-order valence-electron chi connectivity index (χ1n) is 6.80. The van der Waals surface area contributed by atoms with Crippen LogP contribution in [0.2, 0.25) is 0 Å². The summed E-state index contributed by atoms with van der Waals surface area (Å²) in [6, 6.07) is 0.994. The Morgan fingerprint density at radius 2 is 2.18 bits per heavy atom. The highest BCUT2D eigenvalue weighted by Gasteiger charge is 2.37. The highest BCUT2D eigenvalue weighted by atomic mass is 32.2. The van der Waals surface area contributed by atoms with E-state index in [-0.39, 0.29) is 6.04 Å². The van der Waals surface area contributed by atoms with Crippen molar-refractivity contribution < 1.29 is 8.42 Å². The number of nitrogens with zero attached hydrogens (tertiary/aromatic N) is 1. The van der Waals surface area contributed by atoms with Gasteiger partial charge >= 0.3 is 0 Å². The van der Waals surface area contributed by atoms with Gasteiger partial charge in [-0.2, -0.15) is 0 Å². The largest absolute Gasteiger partial charge is 0.312 e. The van der Waals surface area contributed by atoms with E-state index in [0.29, 0.717) is 18.1 Å². The predicted molar refractivity (Wildman–Crippen MR) is 67.8 cm³/mol. The minimum atomic E-state index is -2.77. The summed E-state index contributed by atoms with van der Waals surface area (Å²) in [4.78, 5) is 2.58. The zero-order valence-electron chi connectivity index (χ0n) is 10.3. The molecule has 0 aromatic carbocycles. The predicted octanol–water partition coefficient (Wildman–Crippen LogP) is 0.247. The Labute approximate surface area is 104 Å². The second kappa shape index (κ2) is 4.52. The molecule has 2 bridgehead atoms. The number of sulfone groups is 1. The van der Waals surface area contributed by atoms with Gasteiger partial charge in [0, 0.05) is 25.2 Å². The molecule has 0 radical (unpaired) electrons. The molecule has 1 saturated carbocycles. The molecule has 0 aromatic heterocycles. The van der Waals surface area contributed by atoms with Gasteiger partial charge in [0.25, 0.3) is 0 Å². The molecule has 3 rings (SSSR count). The van der Waals surface area contributed by atoms with E-state index in [2.05, 4.69) is 10.2 Å². The molecule has 3 aliphatic rings. The van der Waals surface area contributed by atoms with Gasteiger partial charge in [-0.15, -0.1) is 0 Å². The van der Waals surface area contributed by atoms with Crippen LogP contribution < -0.4 is 5.32 Å². The van der Waals surface area contributed by atoms with E-state index >= 15 is 0 Å². The molecule has 1 N–H and O–H groups in total. The Kier molecular flexibility index (Phi) is 3.17. The third-order valence-corrected chi connectivity index (χ3v) is 6.32. The quantitative estimate of drug-likeness (QED) is 0.788. The van der Waals surface area contributed by atoms with E-state index in [1.807, 2.05) is 0 Å². The first-order chi connectivity index (χ1) is 8.12. The van der Waals surface area contributed by atoms with Crippen molar-refractivity contribution in [2.24, 2.45) is 5.92 Å². The molecular formula is C12H22N2O2S.